The highest BCUT2D eigenvalue weighted by Crippen LogP contribution is 2.39. The number of nitrogens with zero attached hydrogens (tertiary/aromatic N) is 3. The molecule has 12 heteroatoms. The molecule has 0 radical (unpaired) electrons. The Kier molecular flexibility index (Phi) is 7.91. The van der Waals surface area contributed by atoms with Crippen LogP contribution in [-0.2, 0) is 33.0 Å². The topological polar surface area (TPSA) is 93.5 Å². The first-order chi connectivity index (χ1) is 15.9. The molecule has 1 fully saturated rings. The van der Waals surface area contributed by atoms with Gasteiger partial charge >= 0.3 is 12.2 Å². The Morgan fingerprint density at radius 2 is 2.03 bits per heavy atom. The maximum atomic E-state index is 13.2. The number of carbonyl (C=O) groups is 1. The van der Waals surface area contributed by atoms with E-state index in [0.717, 1.165) is 25.0 Å². The van der Waals surface area contributed by atoms with E-state index in [1.54, 1.807) is 4.57 Å². The van der Waals surface area contributed by atoms with Gasteiger partial charge in [0, 0.05) is 25.7 Å². The van der Waals surface area contributed by atoms with E-state index in [0.29, 0.717) is 12.3 Å². The van der Waals surface area contributed by atoms with Crippen LogP contribution in [0.5, 0.6) is 0 Å². The predicted octanol–water partition coefficient (Wildman–Crippen LogP) is 3.78. The zero-order chi connectivity index (χ0) is 25.1. The second-order valence-electron chi connectivity index (χ2n) is 8.61. The van der Waals surface area contributed by atoms with Gasteiger partial charge in [0.25, 0.3) is 0 Å². The number of methoxy groups -OCH3 is 1. The lowest BCUT2D eigenvalue weighted by atomic mass is 10.1. The summed E-state index contributed by atoms with van der Waals surface area (Å²) in [6.45, 7) is 4.37. The van der Waals surface area contributed by atoms with Gasteiger partial charge in [-0.2, -0.15) is 13.2 Å². The first-order valence-electron chi connectivity index (χ1n) is 10.9. The van der Waals surface area contributed by atoms with Gasteiger partial charge in [0.05, 0.1) is 36.4 Å². The highest BCUT2D eigenvalue weighted by Gasteiger charge is 2.35. The summed E-state index contributed by atoms with van der Waals surface area (Å²) in [6, 6.07) is 3.79. The third kappa shape index (κ3) is 6.50. The average Bonchev–Trinajstić information content (AvgIpc) is 3.48. The second kappa shape index (κ2) is 10.3. The number of amides is 2. The van der Waals surface area contributed by atoms with Gasteiger partial charge in [-0.15, -0.1) is 0 Å². The molecule has 0 unspecified atom stereocenters. The van der Waals surface area contributed by atoms with Crippen molar-refractivity contribution in [3.63, 3.8) is 0 Å². The largest absolute Gasteiger partial charge is 0.416 e. The van der Waals surface area contributed by atoms with Gasteiger partial charge in [-0.1, -0.05) is 18.2 Å². The molecule has 0 aliphatic heterocycles. The van der Waals surface area contributed by atoms with Crippen LogP contribution in [0.4, 0.5) is 18.0 Å². The third-order valence-corrected chi connectivity index (χ3v) is 6.83. The minimum Gasteiger partial charge on any atom is -0.383 e. The van der Waals surface area contributed by atoms with E-state index in [-0.39, 0.29) is 41.9 Å². The van der Waals surface area contributed by atoms with Gasteiger partial charge in [0.15, 0.2) is 0 Å². The summed E-state index contributed by atoms with van der Waals surface area (Å²) in [7, 11) is -2.52. The van der Waals surface area contributed by atoms with Crippen molar-refractivity contribution in [3.05, 3.63) is 47.3 Å². The number of sulfone groups is 1. The molecule has 1 aliphatic rings. The molecule has 1 heterocycles. The summed E-state index contributed by atoms with van der Waals surface area (Å²) in [4.78, 5) is 18.3. The van der Waals surface area contributed by atoms with E-state index >= 15 is 0 Å². The number of hydrogen-bond acceptors (Lipinski definition) is 5. The lowest BCUT2D eigenvalue weighted by Crippen LogP contribution is -2.44. The highest BCUT2D eigenvalue weighted by atomic mass is 32.2. The van der Waals surface area contributed by atoms with Gasteiger partial charge in [-0.3, -0.25) is 0 Å². The number of nitrogens with one attached hydrogen (secondary N) is 1. The molecule has 1 aliphatic carbocycles. The number of urea groups is 1. The summed E-state index contributed by atoms with van der Waals surface area (Å²) < 4.78 is 72.2. The Bertz CT molecular complexity index is 1110. The van der Waals surface area contributed by atoms with E-state index in [9.17, 15) is 26.4 Å². The number of imidazole rings is 1. The lowest BCUT2D eigenvalue weighted by molar-refractivity contribution is -0.137. The van der Waals surface area contributed by atoms with Crippen LogP contribution < -0.4 is 5.32 Å². The maximum absolute atomic E-state index is 13.2. The third-order valence-electron chi connectivity index (χ3n) is 5.26. The monoisotopic (exact) mass is 502 g/mol. The summed E-state index contributed by atoms with van der Waals surface area (Å²) >= 11 is 0. The van der Waals surface area contributed by atoms with Crippen LogP contribution in [0, 0.1) is 0 Å². The predicted molar refractivity (Wildman–Crippen MR) is 119 cm³/mol. The molecular formula is C22H29F3N4O4S. The zero-order valence-electron chi connectivity index (χ0n) is 19.3. The van der Waals surface area contributed by atoms with Gasteiger partial charge in [0.1, 0.15) is 0 Å². The molecule has 0 atom stereocenters. The molecule has 0 spiro atoms. The number of alkyl halides is 3. The normalized spacial score (nSPS) is 14.4. The Morgan fingerprint density at radius 3 is 2.62 bits per heavy atom. The summed E-state index contributed by atoms with van der Waals surface area (Å²) in [5, 5.41) is 2.62. The molecular weight excluding hydrogens is 473 g/mol. The van der Waals surface area contributed by atoms with Crippen LogP contribution in [-0.4, -0.2) is 55.2 Å². The Hall–Kier alpha value is -2.60. The number of benzene rings is 1. The summed E-state index contributed by atoms with van der Waals surface area (Å²) in [5.41, 5.74) is -0.337. The van der Waals surface area contributed by atoms with E-state index < -0.39 is 27.3 Å². The van der Waals surface area contributed by atoms with E-state index in [1.807, 2.05) is 13.8 Å². The standard InChI is InChI=1S/C22H29F3N4O4S/c1-15(2)27-20(30)28(9-10-33-3)13-19-12-26-21(29(19)18-7-8-18)34(31,32)14-16-5-4-6-17(11-16)22(23,24)25/h4-6,11-12,15,18H,7-10,13-14H2,1-3H3,(H,27,30). The SMILES string of the molecule is COCCN(Cc1cnc(S(=O)(=O)Cc2cccc(C(F)(F)F)c2)n1C1CC1)C(=O)NC(C)C. The van der Waals surface area contributed by atoms with Crippen molar-refractivity contribution in [3.8, 4) is 0 Å². The van der Waals surface area contributed by atoms with E-state index in [2.05, 4.69) is 10.3 Å². The molecule has 8 nitrogen and oxygen atoms in total. The molecule has 0 saturated heterocycles. The molecule has 3 rings (SSSR count). The first kappa shape index (κ1) is 26.0. The molecule has 1 aromatic heterocycles. The van der Waals surface area contributed by atoms with E-state index in [1.165, 1.54) is 30.3 Å². The Morgan fingerprint density at radius 1 is 1.32 bits per heavy atom. The maximum Gasteiger partial charge on any atom is 0.416 e. The number of hydrogen-bond donors (Lipinski definition) is 1. The molecule has 2 aromatic rings. The van der Waals surface area contributed by atoms with Crippen molar-refractivity contribution in [1.29, 1.82) is 0 Å². The minimum absolute atomic E-state index is 0.0276. The number of rotatable bonds is 10. The van der Waals surface area contributed by atoms with Gasteiger partial charge in [0.2, 0.25) is 15.0 Å². The number of carbonyl (C=O) groups excluding carboxylic acids is 1. The van der Waals surface area contributed by atoms with Gasteiger partial charge in [-0.05, 0) is 38.3 Å². The van der Waals surface area contributed by atoms with Crippen molar-refractivity contribution < 1.29 is 31.1 Å². The summed E-state index contributed by atoms with van der Waals surface area (Å²) in [5.74, 6) is -0.610. The fourth-order valence-electron chi connectivity index (χ4n) is 3.56. The molecule has 2 amide bonds. The fraction of sp³-hybridized carbons (Fsp3) is 0.545. The molecule has 1 N–H and O–H groups in total. The van der Waals surface area contributed by atoms with Crippen LogP contribution in [0.25, 0.3) is 0 Å². The Labute approximate surface area is 197 Å². The molecule has 1 saturated carbocycles. The van der Waals surface area contributed by atoms with Crippen LogP contribution in [0.1, 0.15) is 49.6 Å². The summed E-state index contributed by atoms with van der Waals surface area (Å²) in [6.07, 6.45) is -1.64. The molecule has 0 bridgehead atoms. The number of halogens is 3. The van der Waals surface area contributed by atoms with Crippen LogP contribution in [0.2, 0.25) is 0 Å². The van der Waals surface area contributed by atoms with E-state index in [4.69, 9.17) is 4.74 Å². The van der Waals surface area contributed by atoms with Crippen LogP contribution >= 0.6 is 0 Å². The molecule has 188 valence electrons. The van der Waals surface area contributed by atoms with Crippen molar-refractivity contribution >= 4 is 15.9 Å². The zero-order valence-corrected chi connectivity index (χ0v) is 20.1. The second-order valence-corrected chi connectivity index (χ2v) is 10.5. The molecule has 1 aromatic carbocycles. The van der Waals surface area contributed by atoms with Crippen molar-refractivity contribution in [1.82, 2.24) is 19.8 Å². The average molecular weight is 503 g/mol. The first-order valence-corrected chi connectivity index (χ1v) is 12.6. The smallest absolute Gasteiger partial charge is 0.383 e. The lowest BCUT2D eigenvalue weighted by Gasteiger charge is -2.24. The van der Waals surface area contributed by atoms with Crippen LogP contribution in [0.3, 0.4) is 0 Å². The fourth-order valence-corrected chi connectivity index (χ4v) is 5.08. The van der Waals surface area contributed by atoms with Crippen molar-refractivity contribution in [2.24, 2.45) is 0 Å². The minimum atomic E-state index is -4.57. The Balaban J connectivity index is 1.89. The van der Waals surface area contributed by atoms with Crippen LogP contribution in [0.15, 0.2) is 35.6 Å². The highest BCUT2D eigenvalue weighted by molar-refractivity contribution is 7.90. The molecule has 34 heavy (non-hydrogen) atoms. The number of ether oxygens (including phenoxy) is 1. The van der Waals surface area contributed by atoms with Gasteiger partial charge < -0.3 is 19.5 Å². The number of aromatic nitrogens is 2. The quantitative estimate of drug-likeness (QED) is 0.534. The van der Waals surface area contributed by atoms with Crippen molar-refractivity contribution in [2.45, 2.75) is 62.4 Å². The van der Waals surface area contributed by atoms with Crippen molar-refractivity contribution in [2.75, 3.05) is 20.3 Å². The van der Waals surface area contributed by atoms with Gasteiger partial charge in [-0.25, -0.2) is 18.2 Å².